The van der Waals surface area contributed by atoms with Gasteiger partial charge in [0.1, 0.15) is 12.4 Å². The number of hydrogen-bond acceptors (Lipinski definition) is 3. The highest BCUT2D eigenvalue weighted by molar-refractivity contribution is 14.0. The molecular formula is C22H36IN5O. The van der Waals surface area contributed by atoms with Crippen LogP contribution in [-0.4, -0.2) is 41.5 Å². The molecular weight excluding hydrogens is 477 g/mol. The van der Waals surface area contributed by atoms with Crippen LogP contribution < -0.4 is 15.4 Å². The highest BCUT2D eigenvalue weighted by atomic mass is 127. The Morgan fingerprint density at radius 3 is 2.41 bits per heavy atom. The van der Waals surface area contributed by atoms with Gasteiger partial charge in [-0.1, -0.05) is 18.2 Å². The zero-order valence-corrected chi connectivity index (χ0v) is 21.1. The Balaban J connectivity index is 0.00000420. The molecule has 29 heavy (non-hydrogen) atoms. The molecule has 162 valence electrons. The first-order valence-electron chi connectivity index (χ1n) is 10.1. The molecule has 0 aliphatic heterocycles. The van der Waals surface area contributed by atoms with Crippen LogP contribution in [0.4, 0.5) is 0 Å². The first kappa shape index (κ1) is 25.3. The summed E-state index contributed by atoms with van der Waals surface area (Å²) >= 11 is 0. The molecule has 0 fully saturated rings. The summed E-state index contributed by atoms with van der Waals surface area (Å²) in [6.45, 7) is 14.5. The molecule has 0 spiro atoms. The Kier molecular flexibility index (Phi) is 10.5. The number of aryl methyl sites for hydroxylation is 4. The van der Waals surface area contributed by atoms with E-state index in [1.165, 1.54) is 11.3 Å². The smallest absolute Gasteiger partial charge is 0.191 e. The number of aromatic nitrogens is 2. The van der Waals surface area contributed by atoms with Crippen LogP contribution in [0.5, 0.6) is 5.75 Å². The van der Waals surface area contributed by atoms with E-state index in [9.17, 15) is 0 Å². The number of aliphatic imine (C=N–C) groups is 1. The third-order valence-corrected chi connectivity index (χ3v) is 4.91. The van der Waals surface area contributed by atoms with E-state index in [0.29, 0.717) is 13.2 Å². The summed E-state index contributed by atoms with van der Waals surface area (Å²) in [4.78, 5) is 4.67. The maximum absolute atomic E-state index is 5.96. The summed E-state index contributed by atoms with van der Waals surface area (Å²) in [6, 6.07) is 6.44. The minimum atomic E-state index is 0. The van der Waals surface area contributed by atoms with Gasteiger partial charge >= 0.3 is 0 Å². The fraction of sp³-hybridized carbons (Fsp3) is 0.545. The predicted molar refractivity (Wildman–Crippen MR) is 132 cm³/mol. The molecule has 1 atom stereocenters. The number of nitrogens with one attached hydrogen (secondary N) is 2. The molecule has 2 N–H and O–H groups in total. The topological polar surface area (TPSA) is 63.5 Å². The standard InChI is InChI=1S/C22H35N5O.HI/c1-8-23-22(24-12-13-28-21-15(2)10-9-11-16(21)3)25-17(4)14-20-18(5)26-27(7)19(20)6;/h9-11,17H,8,12-14H2,1-7H3,(H2,23,24,25);1H. The lowest BCUT2D eigenvalue weighted by molar-refractivity contribution is 0.324. The molecule has 0 bridgehead atoms. The summed E-state index contributed by atoms with van der Waals surface area (Å²) in [5, 5.41) is 11.3. The first-order chi connectivity index (χ1) is 13.3. The van der Waals surface area contributed by atoms with Gasteiger partial charge in [-0.15, -0.1) is 24.0 Å². The second kappa shape index (κ2) is 12.0. The van der Waals surface area contributed by atoms with E-state index >= 15 is 0 Å². The average molecular weight is 513 g/mol. The molecule has 0 aliphatic rings. The SMILES string of the molecule is CCNC(=NCCOc1c(C)cccc1C)NC(C)Cc1c(C)nn(C)c1C.I. The van der Waals surface area contributed by atoms with Crippen molar-refractivity contribution < 1.29 is 4.74 Å². The summed E-state index contributed by atoms with van der Waals surface area (Å²) in [5.74, 6) is 1.78. The molecule has 6 nitrogen and oxygen atoms in total. The Bertz CT molecular complexity index is 796. The summed E-state index contributed by atoms with van der Waals surface area (Å²) in [5.41, 5.74) is 5.93. The molecule has 0 amide bonds. The second-order valence-corrected chi connectivity index (χ2v) is 7.35. The van der Waals surface area contributed by atoms with Gasteiger partial charge in [0.2, 0.25) is 0 Å². The lowest BCUT2D eigenvalue weighted by Gasteiger charge is -2.18. The summed E-state index contributed by atoms with van der Waals surface area (Å²) in [7, 11) is 1.99. The van der Waals surface area contributed by atoms with E-state index in [-0.39, 0.29) is 30.0 Å². The number of guanidine groups is 1. The largest absolute Gasteiger partial charge is 0.491 e. The highest BCUT2D eigenvalue weighted by Crippen LogP contribution is 2.22. The number of para-hydroxylation sites is 1. The molecule has 0 saturated carbocycles. The van der Waals surface area contributed by atoms with Gasteiger partial charge in [-0.05, 0) is 64.7 Å². The minimum absolute atomic E-state index is 0. The van der Waals surface area contributed by atoms with Crippen LogP contribution in [0.2, 0.25) is 0 Å². The normalized spacial score (nSPS) is 12.3. The molecule has 2 rings (SSSR count). The van der Waals surface area contributed by atoms with Gasteiger partial charge in [0.05, 0.1) is 12.2 Å². The molecule has 1 heterocycles. The number of benzene rings is 1. The van der Waals surface area contributed by atoms with Crippen LogP contribution in [0.25, 0.3) is 0 Å². The van der Waals surface area contributed by atoms with E-state index in [1.54, 1.807) is 0 Å². The van der Waals surface area contributed by atoms with Crippen LogP contribution in [0.1, 0.15) is 41.9 Å². The van der Waals surface area contributed by atoms with Crippen molar-refractivity contribution in [1.82, 2.24) is 20.4 Å². The van der Waals surface area contributed by atoms with Gasteiger partial charge in [0, 0.05) is 25.3 Å². The number of ether oxygens (including phenoxy) is 1. The van der Waals surface area contributed by atoms with Gasteiger partial charge < -0.3 is 15.4 Å². The van der Waals surface area contributed by atoms with Crippen molar-refractivity contribution in [3.8, 4) is 5.75 Å². The van der Waals surface area contributed by atoms with Crippen molar-refractivity contribution >= 4 is 29.9 Å². The fourth-order valence-corrected chi connectivity index (χ4v) is 3.36. The van der Waals surface area contributed by atoms with Gasteiger partial charge in [-0.2, -0.15) is 5.10 Å². The maximum Gasteiger partial charge on any atom is 0.191 e. The van der Waals surface area contributed by atoms with Crippen molar-refractivity contribution in [2.24, 2.45) is 12.0 Å². The molecule has 1 aromatic heterocycles. The fourth-order valence-electron chi connectivity index (χ4n) is 3.36. The minimum Gasteiger partial charge on any atom is -0.491 e. The number of nitrogens with zero attached hydrogens (tertiary/aromatic N) is 3. The van der Waals surface area contributed by atoms with E-state index in [1.807, 2.05) is 11.7 Å². The number of rotatable bonds is 8. The predicted octanol–water partition coefficient (Wildman–Crippen LogP) is 3.84. The molecule has 0 radical (unpaired) electrons. The molecule has 7 heteroatoms. The van der Waals surface area contributed by atoms with E-state index in [2.05, 4.69) is 80.5 Å². The lowest BCUT2D eigenvalue weighted by atomic mass is 10.1. The van der Waals surface area contributed by atoms with E-state index in [0.717, 1.165) is 41.5 Å². The molecule has 2 aromatic rings. The Morgan fingerprint density at radius 2 is 1.86 bits per heavy atom. The summed E-state index contributed by atoms with van der Waals surface area (Å²) in [6.07, 6.45) is 0.912. The zero-order chi connectivity index (χ0) is 20.7. The van der Waals surface area contributed by atoms with Crippen molar-refractivity contribution in [2.75, 3.05) is 19.7 Å². The number of halogens is 1. The van der Waals surface area contributed by atoms with Crippen molar-refractivity contribution in [3.05, 3.63) is 46.3 Å². The van der Waals surface area contributed by atoms with Gasteiger partial charge in [0.15, 0.2) is 5.96 Å². The Labute approximate surface area is 192 Å². The zero-order valence-electron chi connectivity index (χ0n) is 18.8. The van der Waals surface area contributed by atoms with Gasteiger partial charge in [0.25, 0.3) is 0 Å². The van der Waals surface area contributed by atoms with Crippen LogP contribution in [-0.2, 0) is 13.5 Å². The summed E-state index contributed by atoms with van der Waals surface area (Å²) < 4.78 is 7.90. The van der Waals surface area contributed by atoms with Gasteiger partial charge in [-0.3, -0.25) is 4.68 Å². The highest BCUT2D eigenvalue weighted by Gasteiger charge is 2.14. The van der Waals surface area contributed by atoms with Crippen molar-refractivity contribution in [1.29, 1.82) is 0 Å². The Morgan fingerprint density at radius 1 is 1.21 bits per heavy atom. The molecule has 1 aromatic carbocycles. The third kappa shape index (κ3) is 7.21. The average Bonchev–Trinajstić information content (AvgIpc) is 2.87. The lowest BCUT2D eigenvalue weighted by Crippen LogP contribution is -2.43. The number of hydrogen-bond donors (Lipinski definition) is 2. The van der Waals surface area contributed by atoms with Gasteiger partial charge in [-0.25, -0.2) is 4.99 Å². The van der Waals surface area contributed by atoms with Crippen molar-refractivity contribution in [3.63, 3.8) is 0 Å². The van der Waals surface area contributed by atoms with Crippen LogP contribution in [0, 0.1) is 27.7 Å². The van der Waals surface area contributed by atoms with E-state index < -0.39 is 0 Å². The first-order valence-corrected chi connectivity index (χ1v) is 10.1. The third-order valence-electron chi connectivity index (χ3n) is 4.91. The quantitative estimate of drug-likeness (QED) is 0.244. The second-order valence-electron chi connectivity index (χ2n) is 7.35. The Hall–Kier alpha value is -1.77. The molecule has 0 aliphatic carbocycles. The van der Waals surface area contributed by atoms with Crippen molar-refractivity contribution in [2.45, 2.75) is 54.0 Å². The van der Waals surface area contributed by atoms with Crippen LogP contribution in [0.3, 0.4) is 0 Å². The monoisotopic (exact) mass is 513 g/mol. The van der Waals surface area contributed by atoms with Crippen LogP contribution in [0.15, 0.2) is 23.2 Å². The van der Waals surface area contributed by atoms with E-state index in [4.69, 9.17) is 4.74 Å². The maximum atomic E-state index is 5.96. The molecule has 0 saturated heterocycles. The molecule has 1 unspecified atom stereocenters. The van der Waals surface area contributed by atoms with Crippen LogP contribution >= 0.6 is 24.0 Å².